The number of carbonyl (C=O) groups excluding carboxylic acids is 1. The molecule has 5 nitrogen and oxygen atoms in total. The third-order valence-electron chi connectivity index (χ3n) is 5.37. The Bertz CT molecular complexity index is 828. The van der Waals surface area contributed by atoms with Crippen LogP contribution in [0.4, 0.5) is 0 Å². The number of ether oxygens (including phenoxy) is 1. The number of carbonyl (C=O) groups is 1. The first-order chi connectivity index (χ1) is 13.7. The molecule has 1 fully saturated rings. The highest BCUT2D eigenvalue weighted by Crippen LogP contribution is 2.37. The van der Waals surface area contributed by atoms with E-state index in [2.05, 4.69) is 0 Å². The van der Waals surface area contributed by atoms with Crippen LogP contribution in [0.1, 0.15) is 55.6 Å². The van der Waals surface area contributed by atoms with Gasteiger partial charge in [-0.1, -0.05) is 39.0 Å². The molecule has 0 aliphatic carbocycles. The molecular weight excluding hydrogens is 384 g/mol. The summed E-state index contributed by atoms with van der Waals surface area (Å²) in [5.41, 5.74) is -0.394. The van der Waals surface area contributed by atoms with Crippen LogP contribution >= 0.6 is 11.3 Å². The smallest absolute Gasteiger partial charge is 0.227 e. The van der Waals surface area contributed by atoms with Crippen LogP contribution < -0.4 is 4.74 Å². The Morgan fingerprint density at radius 3 is 2.66 bits per heavy atom. The molecule has 29 heavy (non-hydrogen) atoms. The van der Waals surface area contributed by atoms with E-state index >= 15 is 0 Å². The number of rotatable bonds is 5. The van der Waals surface area contributed by atoms with Gasteiger partial charge >= 0.3 is 0 Å². The lowest BCUT2D eigenvalue weighted by molar-refractivity contribution is -0.139. The van der Waals surface area contributed by atoms with Crippen LogP contribution in [0.3, 0.4) is 0 Å². The average Bonchev–Trinajstić information content (AvgIpc) is 2.93. The first kappa shape index (κ1) is 21.8. The van der Waals surface area contributed by atoms with Crippen molar-refractivity contribution in [3.8, 4) is 5.75 Å². The summed E-state index contributed by atoms with van der Waals surface area (Å²) in [7, 11) is 0. The van der Waals surface area contributed by atoms with E-state index in [9.17, 15) is 9.90 Å². The fourth-order valence-electron chi connectivity index (χ4n) is 3.65. The molecule has 1 aromatic heterocycles. The Balaban J connectivity index is 1.64. The Hall–Kier alpha value is -1.92. The lowest BCUT2D eigenvalue weighted by Gasteiger charge is -2.29. The average molecular weight is 417 g/mol. The maximum Gasteiger partial charge on any atom is 0.227 e. The Kier molecular flexibility index (Phi) is 6.64. The minimum absolute atomic E-state index is 0.149. The largest absolute Gasteiger partial charge is 0.493 e. The number of amides is 1. The van der Waals surface area contributed by atoms with E-state index < -0.39 is 11.0 Å². The highest BCUT2D eigenvalue weighted by Gasteiger charge is 2.38. The molecule has 1 aromatic carbocycles. The minimum atomic E-state index is -0.957. The van der Waals surface area contributed by atoms with Crippen molar-refractivity contribution in [1.82, 2.24) is 9.88 Å². The zero-order chi connectivity index (χ0) is 21.1. The number of nitrogens with zero attached hydrogens (tertiary/aromatic N) is 2. The van der Waals surface area contributed by atoms with Gasteiger partial charge in [-0.3, -0.25) is 4.79 Å². The zero-order valence-electron chi connectivity index (χ0n) is 17.9. The van der Waals surface area contributed by atoms with E-state index in [1.165, 1.54) is 0 Å². The van der Waals surface area contributed by atoms with Crippen LogP contribution in [0.2, 0.25) is 0 Å². The Morgan fingerprint density at radius 1 is 1.24 bits per heavy atom. The number of aliphatic hydroxyl groups is 1. The fraction of sp³-hybridized carbons (Fsp3) is 0.565. The summed E-state index contributed by atoms with van der Waals surface area (Å²) in [5, 5.41) is 12.1. The normalized spacial score (nSPS) is 20.4. The standard InChI is InChI=1S/C23H32N2O3S/c1-17-19(11-16-28-18-9-6-5-7-10-18)29-20(24-17)23(27)12-8-14-25(15-13-23)21(26)22(2,3)4/h5-7,9-10,27H,8,11-16H2,1-4H3/t23-/m1/s1. The van der Waals surface area contributed by atoms with Crippen LogP contribution in [0.15, 0.2) is 30.3 Å². The molecule has 2 aromatic rings. The topological polar surface area (TPSA) is 62.7 Å². The molecule has 1 aliphatic heterocycles. The summed E-state index contributed by atoms with van der Waals surface area (Å²) in [5.74, 6) is 1.01. The molecule has 3 rings (SSSR count). The summed E-state index contributed by atoms with van der Waals surface area (Å²) in [6, 6.07) is 9.78. The highest BCUT2D eigenvalue weighted by molar-refractivity contribution is 7.11. The number of thiazole rings is 1. The van der Waals surface area contributed by atoms with Crippen LogP contribution in [-0.2, 0) is 16.8 Å². The lowest BCUT2D eigenvalue weighted by Crippen LogP contribution is -2.40. The number of para-hydroxylation sites is 1. The van der Waals surface area contributed by atoms with E-state index in [-0.39, 0.29) is 5.91 Å². The van der Waals surface area contributed by atoms with Gasteiger partial charge in [0.25, 0.3) is 0 Å². The number of likely N-dealkylation sites (tertiary alicyclic amines) is 1. The van der Waals surface area contributed by atoms with Gasteiger partial charge in [0.1, 0.15) is 16.4 Å². The molecule has 2 heterocycles. The van der Waals surface area contributed by atoms with Crippen LogP contribution in [0.5, 0.6) is 5.75 Å². The van der Waals surface area contributed by atoms with Crippen molar-refractivity contribution in [3.05, 3.63) is 45.9 Å². The summed E-state index contributed by atoms with van der Waals surface area (Å²) in [6.45, 7) is 9.67. The first-order valence-electron chi connectivity index (χ1n) is 10.4. The molecule has 1 aliphatic rings. The maximum absolute atomic E-state index is 12.6. The second kappa shape index (κ2) is 8.84. The van der Waals surface area contributed by atoms with Crippen LogP contribution in [-0.4, -0.2) is 40.6 Å². The molecule has 0 radical (unpaired) electrons. The third kappa shape index (κ3) is 5.37. The molecule has 1 atom stereocenters. The van der Waals surface area contributed by atoms with Crippen molar-refractivity contribution in [3.63, 3.8) is 0 Å². The number of hydrogen-bond acceptors (Lipinski definition) is 5. The number of aryl methyl sites for hydroxylation is 1. The van der Waals surface area contributed by atoms with Gasteiger partial charge in [0, 0.05) is 36.2 Å². The van der Waals surface area contributed by atoms with E-state index in [0.29, 0.717) is 32.5 Å². The van der Waals surface area contributed by atoms with E-state index in [4.69, 9.17) is 9.72 Å². The van der Waals surface area contributed by atoms with Gasteiger partial charge in [-0.15, -0.1) is 11.3 Å². The van der Waals surface area contributed by atoms with Gasteiger partial charge in [-0.05, 0) is 31.9 Å². The molecule has 158 valence electrons. The van der Waals surface area contributed by atoms with Crippen molar-refractivity contribution < 1.29 is 14.6 Å². The van der Waals surface area contributed by atoms with Gasteiger partial charge < -0.3 is 14.7 Å². The van der Waals surface area contributed by atoms with Crippen molar-refractivity contribution in [1.29, 1.82) is 0 Å². The SMILES string of the molecule is Cc1nc([C@@]2(O)CCCN(C(=O)C(C)(C)C)CC2)sc1CCOc1ccccc1. The molecule has 6 heteroatoms. The van der Waals surface area contributed by atoms with Crippen molar-refractivity contribution in [2.75, 3.05) is 19.7 Å². The van der Waals surface area contributed by atoms with Crippen molar-refractivity contribution in [2.45, 2.75) is 59.0 Å². The third-order valence-corrected chi connectivity index (χ3v) is 6.78. The highest BCUT2D eigenvalue weighted by atomic mass is 32.1. The fourth-order valence-corrected chi connectivity index (χ4v) is 4.84. The minimum Gasteiger partial charge on any atom is -0.493 e. The lowest BCUT2D eigenvalue weighted by atomic mass is 9.94. The second-order valence-electron chi connectivity index (χ2n) is 8.87. The first-order valence-corrected chi connectivity index (χ1v) is 11.2. The van der Waals surface area contributed by atoms with E-state index in [1.54, 1.807) is 11.3 Å². The Morgan fingerprint density at radius 2 is 1.97 bits per heavy atom. The van der Waals surface area contributed by atoms with Gasteiger partial charge in [0.2, 0.25) is 5.91 Å². The molecule has 0 bridgehead atoms. The zero-order valence-corrected chi connectivity index (χ0v) is 18.7. The predicted octanol–water partition coefficient (Wildman–Crippen LogP) is 4.32. The monoisotopic (exact) mass is 416 g/mol. The predicted molar refractivity (Wildman–Crippen MR) is 116 cm³/mol. The molecule has 1 amide bonds. The van der Waals surface area contributed by atoms with Crippen LogP contribution in [0.25, 0.3) is 0 Å². The molecule has 0 unspecified atom stereocenters. The van der Waals surface area contributed by atoms with Gasteiger partial charge in [-0.25, -0.2) is 4.98 Å². The van der Waals surface area contributed by atoms with Gasteiger partial charge in [0.15, 0.2) is 0 Å². The molecule has 0 spiro atoms. The van der Waals surface area contributed by atoms with Gasteiger partial charge in [0.05, 0.1) is 12.3 Å². The van der Waals surface area contributed by atoms with E-state index in [0.717, 1.165) is 34.2 Å². The maximum atomic E-state index is 12.6. The Labute approximate surface area is 177 Å². The molecule has 1 N–H and O–H groups in total. The van der Waals surface area contributed by atoms with Crippen LogP contribution in [0, 0.1) is 12.3 Å². The van der Waals surface area contributed by atoms with Crippen molar-refractivity contribution >= 4 is 17.2 Å². The summed E-state index contributed by atoms with van der Waals surface area (Å²) in [4.78, 5) is 20.4. The quantitative estimate of drug-likeness (QED) is 0.788. The number of benzene rings is 1. The van der Waals surface area contributed by atoms with E-state index in [1.807, 2.05) is 62.9 Å². The molecule has 0 saturated carbocycles. The molecule has 1 saturated heterocycles. The molecular formula is C23H32N2O3S. The summed E-state index contributed by atoms with van der Waals surface area (Å²) >= 11 is 1.58. The summed E-state index contributed by atoms with van der Waals surface area (Å²) < 4.78 is 5.81. The summed E-state index contributed by atoms with van der Waals surface area (Å²) in [6.07, 6.45) is 2.71. The number of hydrogen-bond donors (Lipinski definition) is 1. The second-order valence-corrected chi connectivity index (χ2v) is 9.95. The van der Waals surface area contributed by atoms with Gasteiger partial charge in [-0.2, -0.15) is 0 Å². The van der Waals surface area contributed by atoms with Crippen molar-refractivity contribution in [2.24, 2.45) is 5.41 Å². The number of aromatic nitrogens is 1.